The first-order valence-corrected chi connectivity index (χ1v) is 8.27. The van der Waals surface area contributed by atoms with E-state index in [1.807, 2.05) is 19.0 Å². The summed E-state index contributed by atoms with van der Waals surface area (Å²) in [6.07, 6.45) is 4.18. The van der Waals surface area contributed by atoms with Crippen molar-refractivity contribution in [3.05, 3.63) is 35.1 Å². The summed E-state index contributed by atoms with van der Waals surface area (Å²) in [5.74, 6) is -0.855. The lowest BCUT2D eigenvalue weighted by Gasteiger charge is -2.39. The van der Waals surface area contributed by atoms with Gasteiger partial charge in [-0.2, -0.15) is 0 Å². The Hall–Kier alpha value is -1.75. The van der Waals surface area contributed by atoms with E-state index < -0.39 is 11.2 Å². The molecule has 0 aromatic heterocycles. The Balaban J connectivity index is 1.98. The Morgan fingerprint density at radius 3 is 2.57 bits per heavy atom. The molecule has 1 aromatic rings. The van der Waals surface area contributed by atoms with Crippen LogP contribution in [-0.4, -0.2) is 48.8 Å². The van der Waals surface area contributed by atoms with Gasteiger partial charge in [-0.25, -0.2) is 4.39 Å². The molecule has 0 unspecified atom stereocenters. The molecule has 3 rings (SSSR count). The van der Waals surface area contributed by atoms with Gasteiger partial charge in [0.1, 0.15) is 5.82 Å². The smallest absolute Gasteiger partial charge is 0.260 e. The molecule has 2 amide bonds. The number of nitrogens with zero attached hydrogens (tertiary/aromatic N) is 2. The fraction of sp³-hybridized carbons (Fsp3) is 0.556. The van der Waals surface area contributed by atoms with Crippen molar-refractivity contribution in [2.45, 2.75) is 37.5 Å². The van der Waals surface area contributed by atoms with Crippen LogP contribution in [-0.2, 0) is 10.2 Å². The SMILES string of the molecule is CN(C)CCCN1C(=O)c2cc(F)ccc2C2(CCCC2)C1=O. The third-order valence-corrected chi connectivity index (χ3v) is 5.07. The molecule has 23 heavy (non-hydrogen) atoms. The molecule has 1 aromatic carbocycles. The van der Waals surface area contributed by atoms with Gasteiger partial charge in [0, 0.05) is 12.1 Å². The Morgan fingerprint density at radius 2 is 1.91 bits per heavy atom. The lowest BCUT2D eigenvalue weighted by molar-refractivity contribution is -0.135. The predicted molar refractivity (Wildman–Crippen MR) is 85.8 cm³/mol. The summed E-state index contributed by atoms with van der Waals surface area (Å²) in [6.45, 7) is 1.20. The molecule has 2 aliphatic rings. The molecular formula is C18H23FN2O2. The molecule has 1 fully saturated rings. The van der Waals surface area contributed by atoms with E-state index >= 15 is 0 Å². The summed E-state index contributed by atoms with van der Waals surface area (Å²) in [4.78, 5) is 29.2. The summed E-state index contributed by atoms with van der Waals surface area (Å²) in [5.41, 5.74) is 0.487. The van der Waals surface area contributed by atoms with Crippen molar-refractivity contribution in [1.29, 1.82) is 0 Å². The summed E-state index contributed by atoms with van der Waals surface area (Å²) >= 11 is 0. The maximum atomic E-state index is 13.7. The summed E-state index contributed by atoms with van der Waals surface area (Å²) in [6, 6.07) is 4.30. The normalized spacial score (nSPS) is 19.7. The minimum absolute atomic E-state index is 0.0853. The molecule has 124 valence electrons. The molecule has 1 aliphatic heterocycles. The number of benzene rings is 1. The van der Waals surface area contributed by atoms with Crippen LogP contribution in [0.3, 0.4) is 0 Å². The second-order valence-electron chi connectivity index (χ2n) is 6.90. The van der Waals surface area contributed by atoms with Gasteiger partial charge in [0.15, 0.2) is 0 Å². The average Bonchev–Trinajstić information content (AvgIpc) is 2.99. The molecule has 5 heteroatoms. The van der Waals surface area contributed by atoms with Gasteiger partial charge in [-0.05, 0) is 57.6 Å². The van der Waals surface area contributed by atoms with Crippen LogP contribution in [0.2, 0.25) is 0 Å². The van der Waals surface area contributed by atoms with Gasteiger partial charge in [-0.1, -0.05) is 18.9 Å². The van der Waals surface area contributed by atoms with Crippen LogP contribution in [0.5, 0.6) is 0 Å². The third-order valence-electron chi connectivity index (χ3n) is 5.07. The third kappa shape index (κ3) is 2.67. The van der Waals surface area contributed by atoms with E-state index in [1.165, 1.54) is 17.0 Å². The van der Waals surface area contributed by atoms with Crippen LogP contribution < -0.4 is 0 Å². The number of hydrogen-bond donors (Lipinski definition) is 0. The number of amides is 2. The molecule has 0 radical (unpaired) electrons. The zero-order chi connectivity index (χ0) is 16.6. The molecule has 1 saturated carbocycles. The lowest BCUT2D eigenvalue weighted by atomic mass is 9.72. The Kier molecular flexibility index (Phi) is 4.23. The Labute approximate surface area is 136 Å². The van der Waals surface area contributed by atoms with Crippen LogP contribution >= 0.6 is 0 Å². The molecule has 0 N–H and O–H groups in total. The number of imide groups is 1. The van der Waals surface area contributed by atoms with Crippen molar-refractivity contribution in [3.63, 3.8) is 0 Å². The molecular weight excluding hydrogens is 295 g/mol. The molecule has 0 atom stereocenters. The van der Waals surface area contributed by atoms with Crippen molar-refractivity contribution >= 4 is 11.8 Å². The molecule has 1 heterocycles. The number of fused-ring (bicyclic) bond motifs is 2. The number of carbonyl (C=O) groups excluding carboxylic acids is 2. The topological polar surface area (TPSA) is 40.6 Å². The van der Waals surface area contributed by atoms with E-state index in [9.17, 15) is 14.0 Å². The monoisotopic (exact) mass is 318 g/mol. The molecule has 1 spiro atoms. The molecule has 1 aliphatic carbocycles. The highest BCUT2D eigenvalue weighted by molar-refractivity contribution is 6.13. The highest BCUT2D eigenvalue weighted by Crippen LogP contribution is 2.46. The number of rotatable bonds is 4. The second-order valence-corrected chi connectivity index (χ2v) is 6.90. The standard InChI is InChI=1S/C18H23FN2O2/c1-20(2)10-5-11-21-16(22)14-12-13(19)6-7-15(14)18(17(21)23)8-3-4-9-18/h6-7,12H,3-5,8-11H2,1-2H3. The molecule has 0 bridgehead atoms. The van der Waals surface area contributed by atoms with Gasteiger partial charge >= 0.3 is 0 Å². The summed E-state index contributed by atoms with van der Waals surface area (Å²) < 4.78 is 13.7. The fourth-order valence-corrected chi connectivity index (χ4v) is 3.93. The van der Waals surface area contributed by atoms with E-state index in [-0.39, 0.29) is 11.8 Å². The van der Waals surface area contributed by atoms with Crippen LogP contribution in [0.25, 0.3) is 0 Å². The highest BCUT2D eigenvalue weighted by atomic mass is 19.1. The first-order valence-electron chi connectivity index (χ1n) is 8.27. The average molecular weight is 318 g/mol. The van der Waals surface area contributed by atoms with Gasteiger partial charge in [-0.15, -0.1) is 0 Å². The van der Waals surface area contributed by atoms with E-state index in [0.717, 1.165) is 44.2 Å². The zero-order valence-electron chi connectivity index (χ0n) is 13.8. The number of hydrogen-bond acceptors (Lipinski definition) is 3. The number of halogens is 1. The predicted octanol–water partition coefficient (Wildman–Crippen LogP) is 2.57. The lowest BCUT2D eigenvalue weighted by Crippen LogP contribution is -2.53. The van der Waals surface area contributed by atoms with Gasteiger partial charge in [-0.3, -0.25) is 14.5 Å². The van der Waals surface area contributed by atoms with E-state index in [0.29, 0.717) is 12.1 Å². The van der Waals surface area contributed by atoms with Gasteiger partial charge in [0.05, 0.1) is 5.41 Å². The van der Waals surface area contributed by atoms with Crippen LogP contribution in [0, 0.1) is 5.82 Å². The molecule has 4 nitrogen and oxygen atoms in total. The quantitative estimate of drug-likeness (QED) is 0.801. The largest absolute Gasteiger partial charge is 0.309 e. The van der Waals surface area contributed by atoms with Crippen molar-refractivity contribution in [2.24, 2.45) is 0 Å². The van der Waals surface area contributed by atoms with Crippen molar-refractivity contribution in [3.8, 4) is 0 Å². The highest BCUT2D eigenvalue weighted by Gasteiger charge is 2.51. The van der Waals surface area contributed by atoms with Crippen LogP contribution in [0.1, 0.15) is 48.0 Å². The van der Waals surface area contributed by atoms with E-state index in [1.54, 1.807) is 6.07 Å². The summed E-state index contributed by atoms with van der Waals surface area (Å²) in [7, 11) is 3.92. The van der Waals surface area contributed by atoms with Crippen molar-refractivity contribution in [2.75, 3.05) is 27.2 Å². The van der Waals surface area contributed by atoms with Gasteiger partial charge < -0.3 is 4.90 Å². The second kappa shape index (κ2) is 6.04. The van der Waals surface area contributed by atoms with Crippen LogP contribution in [0.4, 0.5) is 4.39 Å². The molecule has 0 saturated heterocycles. The van der Waals surface area contributed by atoms with Crippen molar-refractivity contribution < 1.29 is 14.0 Å². The minimum Gasteiger partial charge on any atom is -0.309 e. The maximum absolute atomic E-state index is 13.7. The Morgan fingerprint density at radius 1 is 1.22 bits per heavy atom. The van der Waals surface area contributed by atoms with Crippen LogP contribution in [0.15, 0.2) is 18.2 Å². The van der Waals surface area contributed by atoms with E-state index in [4.69, 9.17) is 0 Å². The number of carbonyl (C=O) groups is 2. The van der Waals surface area contributed by atoms with Crippen molar-refractivity contribution in [1.82, 2.24) is 9.80 Å². The van der Waals surface area contributed by atoms with Gasteiger partial charge in [0.25, 0.3) is 5.91 Å². The fourth-order valence-electron chi connectivity index (χ4n) is 3.93. The maximum Gasteiger partial charge on any atom is 0.260 e. The Bertz CT molecular complexity index is 636. The summed E-state index contributed by atoms with van der Waals surface area (Å²) in [5, 5.41) is 0. The minimum atomic E-state index is -0.616. The zero-order valence-corrected chi connectivity index (χ0v) is 13.8. The first-order chi connectivity index (χ1) is 11.0. The van der Waals surface area contributed by atoms with E-state index in [2.05, 4.69) is 0 Å². The first kappa shape index (κ1) is 16.1. The van der Waals surface area contributed by atoms with Gasteiger partial charge in [0.2, 0.25) is 5.91 Å².